The lowest BCUT2D eigenvalue weighted by atomic mass is 10.1. The van der Waals surface area contributed by atoms with Crippen LogP contribution in [0.4, 0.5) is 0 Å². The maximum atomic E-state index is 6.32. The highest BCUT2D eigenvalue weighted by Gasteiger charge is 2.23. The average Bonchev–Trinajstić information content (AvgIpc) is 3.12. The van der Waals surface area contributed by atoms with Gasteiger partial charge in [-0.1, -0.05) is 31.5 Å². The molecule has 8 heteroatoms. The Labute approximate surface area is 171 Å². The minimum atomic E-state index is 0.282. The van der Waals surface area contributed by atoms with Crippen molar-refractivity contribution in [2.75, 3.05) is 20.7 Å². The smallest absolute Gasteiger partial charge is 0.191 e. The second-order valence-electron chi connectivity index (χ2n) is 7.31. The van der Waals surface area contributed by atoms with Crippen molar-refractivity contribution in [3.8, 4) is 5.75 Å². The van der Waals surface area contributed by atoms with Crippen molar-refractivity contribution < 1.29 is 4.74 Å². The third-order valence-corrected chi connectivity index (χ3v) is 5.25. The zero-order valence-electron chi connectivity index (χ0n) is 17.0. The predicted molar refractivity (Wildman–Crippen MR) is 112 cm³/mol. The van der Waals surface area contributed by atoms with Crippen molar-refractivity contribution in [2.24, 2.45) is 4.99 Å². The molecule has 1 aromatic carbocycles. The summed E-state index contributed by atoms with van der Waals surface area (Å²) in [5.74, 6) is 3.92. The molecule has 0 radical (unpaired) electrons. The third kappa shape index (κ3) is 4.95. The minimum Gasteiger partial charge on any atom is -0.497 e. The average molecular weight is 405 g/mol. The Kier molecular flexibility index (Phi) is 6.78. The van der Waals surface area contributed by atoms with Gasteiger partial charge in [-0.05, 0) is 30.5 Å². The van der Waals surface area contributed by atoms with E-state index in [9.17, 15) is 0 Å². The van der Waals surface area contributed by atoms with Gasteiger partial charge in [-0.15, -0.1) is 0 Å². The number of hydrogen-bond donors (Lipinski definition) is 2. The Hall–Kier alpha value is -2.28. The number of benzene rings is 1. The van der Waals surface area contributed by atoms with Crippen molar-refractivity contribution in [3.63, 3.8) is 0 Å². The summed E-state index contributed by atoms with van der Waals surface area (Å²) in [7, 11) is 3.43. The molecule has 2 aromatic rings. The Morgan fingerprint density at radius 3 is 2.93 bits per heavy atom. The van der Waals surface area contributed by atoms with Gasteiger partial charge < -0.3 is 15.4 Å². The molecule has 0 fully saturated rings. The van der Waals surface area contributed by atoms with Gasteiger partial charge in [-0.3, -0.25) is 4.99 Å². The van der Waals surface area contributed by atoms with Gasteiger partial charge in [-0.25, -0.2) is 9.67 Å². The molecule has 1 aliphatic rings. The highest BCUT2D eigenvalue weighted by atomic mass is 35.5. The Bertz CT molecular complexity index is 832. The van der Waals surface area contributed by atoms with Gasteiger partial charge in [-0.2, -0.15) is 5.10 Å². The quantitative estimate of drug-likeness (QED) is 0.572. The largest absolute Gasteiger partial charge is 0.497 e. The van der Waals surface area contributed by atoms with Crippen LogP contribution in [-0.2, 0) is 19.4 Å². The monoisotopic (exact) mass is 404 g/mol. The number of hydrogen-bond acceptors (Lipinski definition) is 4. The molecule has 1 aromatic heterocycles. The maximum absolute atomic E-state index is 6.32. The first-order valence-electron chi connectivity index (χ1n) is 9.73. The van der Waals surface area contributed by atoms with Gasteiger partial charge >= 0.3 is 0 Å². The number of ether oxygens (including phenoxy) is 1. The van der Waals surface area contributed by atoms with Gasteiger partial charge in [0, 0.05) is 37.0 Å². The van der Waals surface area contributed by atoms with Crippen LogP contribution in [0.2, 0.25) is 5.02 Å². The van der Waals surface area contributed by atoms with Gasteiger partial charge in [0.25, 0.3) is 0 Å². The topological polar surface area (TPSA) is 76.4 Å². The first-order valence-corrected chi connectivity index (χ1v) is 10.1. The summed E-state index contributed by atoms with van der Waals surface area (Å²) in [6.45, 7) is 5.79. The number of aliphatic imine (C=N–C) groups is 1. The summed E-state index contributed by atoms with van der Waals surface area (Å²) < 4.78 is 7.22. The summed E-state index contributed by atoms with van der Waals surface area (Å²) >= 11 is 6.32. The minimum absolute atomic E-state index is 0.282. The Morgan fingerprint density at radius 2 is 2.25 bits per heavy atom. The number of guanidine groups is 1. The van der Waals surface area contributed by atoms with Gasteiger partial charge in [0.05, 0.1) is 13.7 Å². The number of methoxy groups -OCH3 is 1. The van der Waals surface area contributed by atoms with E-state index in [2.05, 4.69) is 39.6 Å². The van der Waals surface area contributed by atoms with Crippen LogP contribution in [0, 0.1) is 0 Å². The van der Waals surface area contributed by atoms with Crippen LogP contribution in [-0.4, -0.2) is 47.5 Å². The number of halogens is 1. The van der Waals surface area contributed by atoms with E-state index in [-0.39, 0.29) is 6.04 Å². The summed E-state index contributed by atoms with van der Waals surface area (Å²) in [4.78, 5) is 8.99. The molecular weight excluding hydrogens is 376 g/mol. The van der Waals surface area contributed by atoms with E-state index >= 15 is 0 Å². The molecular formula is C20H29ClN6O. The van der Waals surface area contributed by atoms with Crippen LogP contribution in [0.5, 0.6) is 5.75 Å². The van der Waals surface area contributed by atoms with Crippen LogP contribution in [0.1, 0.15) is 43.4 Å². The normalized spacial score (nSPS) is 16.8. The van der Waals surface area contributed by atoms with Crippen molar-refractivity contribution in [3.05, 3.63) is 40.4 Å². The molecule has 1 unspecified atom stereocenters. The number of aromatic nitrogens is 3. The van der Waals surface area contributed by atoms with Gasteiger partial charge in [0.1, 0.15) is 11.6 Å². The lowest BCUT2D eigenvalue weighted by molar-refractivity contribution is 0.391. The fraction of sp³-hybridized carbons (Fsp3) is 0.550. The molecule has 0 saturated heterocycles. The molecule has 0 aliphatic carbocycles. The van der Waals surface area contributed by atoms with E-state index in [0.29, 0.717) is 5.92 Å². The molecule has 1 atom stereocenters. The van der Waals surface area contributed by atoms with E-state index in [4.69, 9.17) is 16.3 Å². The Balaban J connectivity index is 1.51. The Morgan fingerprint density at radius 1 is 1.43 bits per heavy atom. The first kappa shape index (κ1) is 20.5. The molecule has 152 valence electrons. The van der Waals surface area contributed by atoms with Crippen molar-refractivity contribution in [1.82, 2.24) is 25.4 Å². The van der Waals surface area contributed by atoms with E-state index in [0.717, 1.165) is 66.3 Å². The molecule has 7 nitrogen and oxygen atoms in total. The second-order valence-corrected chi connectivity index (χ2v) is 7.72. The molecule has 3 rings (SSSR count). The fourth-order valence-corrected chi connectivity index (χ4v) is 3.52. The molecule has 2 heterocycles. The maximum Gasteiger partial charge on any atom is 0.191 e. The van der Waals surface area contributed by atoms with E-state index in [1.807, 2.05) is 22.9 Å². The second kappa shape index (κ2) is 9.28. The van der Waals surface area contributed by atoms with Crippen LogP contribution in [0.3, 0.4) is 0 Å². The molecule has 28 heavy (non-hydrogen) atoms. The third-order valence-electron chi connectivity index (χ3n) is 4.90. The van der Waals surface area contributed by atoms with E-state index in [1.165, 1.54) is 0 Å². The summed E-state index contributed by atoms with van der Waals surface area (Å²) in [6, 6.07) is 6.05. The predicted octanol–water partition coefficient (Wildman–Crippen LogP) is 2.79. The van der Waals surface area contributed by atoms with Gasteiger partial charge in [0.2, 0.25) is 0 Å². The van der Waals surface area contributed by atoms with Crippen LogP contribution < -0.4 is 15.4 Å². The summed E-state index contributed by atoms with van der Waals surface area (Å²) in [5.41, 5.74) is 1.08. The molecule has 0 spiro atoms. The zero-order valence-corrected chi connectivity index (χ0v) is 17.8. The molecule has 0 saturated carbocycles. The zero-order chi connectivity index (χ0) is 20.1. The van der Waals surface area contributed by atoms with Crippen LogP contribution >= 0.6 is 11.6 Å². The lowest BCUT2D eigenvalue weighted by Gasteiger charge is -2.25. The first-order chi connectivity index (χ1) is 13.5. The number of aryl methyl sites for hydroxylation is 1. The highest BCUT2D eigenvalue weighted by Crippen LogP contribution is 2.22. The molecule has 1 aliphatic heterocycles. The number of rotatable bonds is 6. The summed E-state index contributed by atoms with van der Waals surface area (Å²) in [6.07, 6.45) is 2.75. The number of fused-ring (bicyclic) bond motifs is 1. The standard InChI is InChI=1S/C20H29ClN6O/c1-13(2)19-25-18-8-6-15(12-27(18)26-19)24-20(22-3)23-10-9-14-5-7-16(28-4)11-17(14)21/h5,7,11,13,15H,6,8-10,12H2,1-4H3,(H2,22,23,24). The van der Waals surface area contributed by atoms with Crippen LogP contribution in [0.25, 0.3) is 0 Å². The van der Waals surface area contributed by atoms with Crippen LogP contribution in [0.15, 0.2) is 23.2 Å². The number of nitrogens with one attached hydrogen (secondary N) is 2. The van der Waals surface area contributed by atoms with Crippen molar-refractivity contribution in [2.45, 2.75) is 51.6 Å². The SMILES string of the molecule is CN=C(NCCc1ccc(OC)cc1Cl)NC1CCc2nc(C(C)C)nn2C1. The van der Waals surface area contributed by atoms with E-state index in [1.54, 1.807) is 14.2 Å². The molecule has 0 bridgehead atoms. The molecule has 0 amide bonds. The van der Waals surface area contributed by atoms with E-state index < -0.39 is 0 Å². The number of nitrogens with zero attached hydrogens (tertiary/aromatic N) is 4. The molecule has 2 N–H and O–H groups in total. The van der Waals surface area contributed by atoms with Crippen molar-refractivity contribution >= 4 is 17.6 Å². The van der Waals surface area contributed by atoms with Gasteiger partial charge in [0.15, 0.2) is 11.8 Å². The summed E-state index contributed by atoms with van der Waals surface area (Å²) in [5, 5.41) is 12.2. The fourth-order valence-electron chi connectivity index (χ4n) is 3.25. The highest BCUT2D eigenvalue weighted by molar-refractivity contribution is 6.31. The van der Waals surface area contributed by atoms with Crippen molar-refractivity contribution in [1.29, 1.82) is 0 Å². The lowest BCUT2D eigenvalue weighted by Crippen LogP contribution is -2.47.